The normalized spacial score (nSPS) is 17.4. The number of carbonyl (C=O) groups excluding carboxylic acids is 1. The van der Waals surface area contributed by atoms with Gasteiger partial charge in [-0.3, -0.25) is 14.9 Å². The van der Waals surface area contributed by atoms with Gasteiger partial charge in [0.2, 0.25) is 0 Å². The van der Waals surface area contributed by atoms with Crippen molar-refractivity contribution in [1.29, 1.82) is 0 Å². The fourth-order valence-electron chi connectivity index (χ4n) is 2.31. The van der Waals surface area contributed by atoms with E-state index in [0.717, 1.165) is 12.5 Å². The van der Waals surface area contributed by atoms with Gasteiger partial charge in [0.25, 0.3) is 11.6 Å². The Bertz CT molecular complexity index is 570. The molecule has 0 aromatic heterocycles. The molecule has 2 rings (SSSR count). The number of nitrogens with two attached hydrogens (primary N) is 2. The van der Waals surface area contributed by atoms with Gasteiger partial charge in [-0.25, -0.2) is 4.39 Å². The SMILES string of the molecule is Cl.NCC1CCN(C(=O)c2cc(F)cc([N+](=O)[O-])c2N)C1. The maximum atomic E-state index is 13.4. The molecule has 7 nitrogen and oxygen atoms in total. The van der Waals surface area contributed by atoms with E-state index in [-0.39, 0.29) is 29.6 Å². The molecule has 1 aliphatic heterocycles. The summed E-state index contributed by atoms with van der Waals surface area (Å²) < 4.78 is 13.4. The van der Waals surface area contributed by atoms with Gasteiger partial charge < -0.3 is 16.4 Å². The second-order valence-corrected chi connectivity index (χ2v) is 4.78. The average Bonchev–Trinajstić information content (AvgIpc) is 2.88. The van der Waals surface area contributed by atoms with E-state index in [1.54, 1.807) is 0 Å². The van der Waals surface area contributed by atoms with Gasteiger partial charge in [0.1, 0.15) is 11.5 Å². The fraction of sp³-hybridized carbons (Fsp3) is 0.417. The van der Waals surface area contributed by atoms with Gasteiger partial charge in [-0.15, -0.1) is 12.4 Å². The van der Waals surface area contributed by atoms with Crippen molar-refractivity contribution in [2.75, 3.05) is 25.4 Å². The molecule has 0 saturated carbocycles. The monoisotopic (exact) mass is 318 g/mol. The van der Waals surface area contributed by atoms with Crippen LogP contribution in [0.1, 0.15) is 16.8 Å². The van der Waals surface area contributed by atoms with Crippen LogP contribution >= 0.6 is 12.4 Å². The van der Waals surface area contributed by atoms with Gasteiger partial charge in [0.15, 0.2) is 0 Å². The number of rotatable bonds is 3. The summed E-state index contributed by atoms with van der Waals surface area (Å²) >= 11 is 0. The van der Waals surface area contributed by atoms with Crippen molar-refractivity contribution in [2.45, 2.75) is 6.42 Å². The second kappa shape index (κ2) is 6.68. The number of carbonyl (C=O) groups is 1. The third kappa shape index (κ3) is 3.40. The van der Waals surface area contributed by atoms with Crippen molar-refractivity contribution in [3.8, 4) is 0 Å². The van der Waals surface area contributed by atoms with Crippen molar-refractivity contribution in [3.05, 3.63) is 33.6 Å². The largest absolute Gasteiger partial charge is 0.393 e. The van der Waals surface area contributed by atoms with E-state index in [0.29, 0.717) is 25.7 Å². The summed E-state index contributed by atoms with van der Waals surface area (Å²) in [5.74, 6) is -1.16. The van der Waals surface area contributed by atoms with Crippen LogP contribution in [0.3, 0.4) is 0 Å². The van der Waals surface area contributed by atoms with E-state index in [2.05, 4.69) is 0 Å². The zero-order valence-electron chi connectivity index (χ0n) is 11.1. The number of nitrogens with zero attached hydrogens (tertiary/aromatic N) is 2. The molecule has 0 radical (unpaired) electrons. The highest BCUT2D eigenvalue weighted by Gasteiger charge is 2.29. The highest BCUT2D eigenvalue weighted by atomic mass is 35.5. The number of amides is 1. The molecular formula is C12H16ClFN4O3. The van der Waals surface area contributed by atoms with Gasteiger partial charge in [0, 0.05) is 13.1 Å². The molecule has 1 saturated heterocycles. The van der Waals surface area contributed by atoms with E-state index in [1.807, 2.05) is 0 Å². The predicted octanol–water partition coefficient (Wildman–Crippen LogP) is 1.16. The maximum absolute atomic E-state index is 13.4. The van der Waals surface area contributed by atoms with E-state index in [9.17, 15) is 19.3 Å². The molecular weight excluding hydrogens is 303 g/mol. The summed E-state index contributed by atoms with van der Waals surface area (Å²) in [5, 5.41) is 10.8. The Labute approximate surface area is 126 Å². The molecule has 1 aliphatic rings. The number of nitro groups is 1. The summed E-state index contributed by atoms with van der Waals surface area (Å²) in [6.07, 6.45) is 0.763. The minimum Gasteiger partial charge on any atom is -0.393 e. The maximum Gasteiger partial charge on any atom is 0.295 e. The van der Waals surface area contributed by atoms with E-state index >= 15 is 0 Å². The van der Waals surface area contributed by atoms with Gasteiger partial charge in [0.05, 0.1) is 16.6 Å². The van der Waals surface area contributed by atoms with E-state index in [1.165, 1.54) is 4.90 Å². The molecule has 1 aromatic rings. The summed E-state index contributed by atoms with van der Waals surface area (Å²) in [6.45, 7) is 1.41. The zero-order chi connectivity index (χ0) is 14.9. The summed E-state index contributed by atoms with van der Waals surface area (Å²) in [7, 11) is 0. The van der Waals surface area contributed by atoms with Crippen molar-refractivity contribution in [2.24, 2.45) is 11.7 Å². The molecule has 4 N–H and O–H groups in total. The molecule has 116 valence electrons. The first kappa shape index (κ1) is 17.1. The van der Waals surface area contributed by atoms with E-state index < -0.39 is 22.3 Å². The molecule has 1 unspecified atom stereocenters. The van der Waals surface area contributed by atoms with Crippen LogP contribution in [0.25, 0.3) is 0 Å². The smallest absolute Gasteiger partial charge is 0.295 e. The lowest BCUT2D eigenvalue weighted by Crippen LogP contribution is -2.30. The third-order valence-corrected chi connectivity index (χ3v) is 3.46. The van der Waals surface area contributed by atoms with Gasteiger partial charge in [-0.1, -0.05) is 0 Å². The predicted molar refractivity (Wildman–Crippen MR) is 77.8 cm³/mol. The Morgan fingerprint density at radius 2 is 2.19 bits per heavy atom. The molecule has 1 fully saturated rings. The lowest BCUT2D eigenvalue weighted by atomic mass is 10.1. The highest BCUT2D eigenvalue weighted by Crippen LogP contribution is 2.29. The fourth-order valence-corrected chi connectivity index (χ4v) is 2.31. The Morgan fingerprint density at radius 1 is 1.52 bits per heavy atom. The van der Waals surface area contributed by atoms with Crippen molar-refractivity contribution >= 4 is 29.7 Å². The quantitative estimate of drug-likeness (QED) is 0.493. The van der Waals surface area contributed by atoms with Crippen molar-refractivity contribution in [3.63, 3.8) is 0 Å². The van der Waals surface area contributed by atoms with Crippen LogP contribution in [0.5, 0.6) is 0 Å². The molecule has 0 bridgehead atoms. The van der Waals surface area contributed by atoms with Crippen LogP contribution in [0.4, 0.5) is 15.8 Å². The van der Waals surface area contributed by atoms with Crippen LogP contribution in [0, 0.1) is 21.8 Å². The number of benzene rings is 1. The van der Waals surface area contributed by atoms with Crippen LogP contribution in [-0.2, 0) is 0 Å². The standard InChI is InChI=1S/C12H15FN4O3.ClH/c13-8-3-9(11(15)10(4-8)17(19)20)12(18)16-2-1-7(5-14)6-16;/h3-4,7H,1-2,5-6,14-15H2;1H. The summed E-state index contributed by atoms with van der Waals surface area (Å²) in [6, 6.07) is 1.64. The topological polar surface area (TPSA) is 115 Å². The first-order valence-electron chi connectivity index (χ1n) is 6.16. The lowest BCUT2D eigenvalue weighted by molar-refractivity contribution is -0.384. The lowest BCUT2D eigenvalue weighted by Gasteiger charge is -2.17. The summed E-state index contributed by atoms with van der Waals surface area (Å²) in [4.78, 5) is 23.7. The number of likely N-dealkylation sites (tertiary alicyclic amines) is 1. The molecule has 1 aromatic carbocycles. The molecule has 1 amide bonds. The number of hydrogen-bond acceptors (Lipinski definition) is 5. The molecule has 1 atom stereocenters. The number of halogens is 2. The minimum atomic E-state index is -0.858. The Balaban J connectivity index is 0.00000220. The molecule has 0 spiro atoms. The first-order valence-corrected chi connectivity index (χ1v) is 6.16. The van der Waals surface area contributed by atoms with Gasteiger partial charge in [-0.05, 0) is 24.9 Å². The highest BCUT2D eigenvalue weighted by molar-refractivity contribution is 6.01. The molecule has 1 heterocycles. The van der Waals surface area contributed by atoms with Crippen LogP contribution < -0.4 is 11.5 Å². The first-order chi connectivity index (χ1) is 9.43. The number of anilines is 1. The van der Waals surface area contributed by atoms with Crippen LogP contribution in [-0.4, -0.2) is 35.4 Å². The molecule has 9 heteroatoms. The van der Waals surface area contributed by atoms with Gasteiger partial charge in [-0.2, -0.15) is 0 Å². The van der Waals surface area contributed by atoms with Crippen LogP contribution in [0.2, 0.25) is 0 Å². The minimum absolute atomic E-state index is 0. The molecule has 0 aliphatic carbocycles. The number of nitro benzene ring substituents is 1. The Morgan fingerprint density at radius 3 is 2.71 bits per heavy atom. The number of hydrogen-bond donors (Lipinski definition) is 2. The Kier molecular flexibility index (Phi) is 5.45. The van der Waals surface area contributed by atoms with E-state index in [4.69, 9.17) is 11.5 Å². The third-order valence-electron chi connectivity index (χ3n) is 3.46. The van der Waals surface area contributed by atoms with Crippen molar-refractivity contribution in [1.82, 2.24) is 4.90 Å². The second-order valence-electron chi connectivity index (χ2n) is 4.78. The Hall–Kier alpha value is -1.93. The van der Waals surface area contributed by atoms with Crippen LogP contribution in [0.15, 0.2) is 12.1 Å². The number of nitrogen functional groups attached to an aromatic ring is 1. The molecule has 21 heavy (non-hydrogen) atoms. The average molecular weight is 319 g/mol. The summed E-state index contributed by atoms with van der Waals surface area (Å²) in [5.41, 5.74) is 10.1. The van der Waals surface area contributed by atoms with Crippen molar-refractivity contribution < 1.29 is 14.1 Å². The zero-order valence-corrected chi connectivity index (χ0v) is 11.9. The van der Waals surface area contributed by atoms with Gasteiger partial charge >= 0.3 is 0 Å².